The lowest BCUT2D eigenvalue weighted by Gasteiger charge is -2.34. The molecule has 1 N–H and O–H groups in total. The number of aliphatic hydroxyl groups excluding tert-OH is 1. The van der Waals surface area contributed by atoms with Crippen molar-refractivity contribution >= 4 is 13.5 Å². The zero-order chi connectivity index (χ0) is 18.2. The Kier molecular flexibility index (Phi) is 8.81. The number of likely N-dealkylation sites (tertiary alicyclic amines) is 1. The maximum atomic E-state index is 13.3. The van der Waals surface area contributed by atoms with Gasteiger partial charge in [-0.1, -0.05) is 0 Å². The summed E-state index contributed by atoms with van der Waals surface area (Å²) in [7, 11) is -3.76. The van der Waals surface area contributed by atoms with E-state index in [9.17, 15) is 14.5 Å². The fraction of sp³-hybridized carbons (Fsp3) is 0.812. The maximum absolute atomic E-state index is 13.3. The number of carbonyl (C=O) groups is 1. The van der Waals surface area contributed by atoms with Gasteiger partial charge in [0.25, 0.3) is 5.91 Å². The van der Waals surface area contributed by atoms with Crippen LogP contribution in [0.2, 0.25) is 0 Å². The van der Waals surface area contributed by atoms with Crippen molar-refractivity contribution in [3.05, 3.63) is 11.2 Å². The minimum Gasteiger partial charge on any atom is -0.501 e. The minimum atomic E-state index is -3.76. The first kappa shape index (κ1) is 21.0. The minimum absolute atomic E-state index is 0.0165. The highest BCUT2D eigenvalue weighted by atomic mass is 31.2. The molecule has 0 aromatic heterocycles. The fourth-order valence-electron chi connectivity index (χ4n) is 2.81. The summed E-state index contributed by atoms with van der Waals surface area (Å²) in [6, 6.07) is 0. The first-order chi connectivity index (χ1) is 11.4. The van der Waals surface area contributed by atoms with E-state index in [0.717, 1.165) is 19.3 Å². The predicted octanol–water partition coefficient (Wildman–Crippen LogP) is 3.33. The Morgan fingerprint density at radius 2 is 1.54 bits per heavy atom. The highest BCUT2D eigenvalue weighted by Crippen LogP contribution is 2.58. The molecule has 0 bridgehead atoms. The molecule has 0 aliphatic carbocycles. The van der Waals surface area contributed by atoms with Crippen LogP contribution in [-0.2, 0) is 18.4 Å². The zero-order valence-electron chi connectivity index (χ0n) is 15.3. The van der Waals surface area contributed by atoms with Crippen molar-refractivity contribution in [3.63, 3.8) is 0 Å². The maximum Gasteiger partial charge on any atom is 0.381 e. The lowest BCUT2D eigenvalue weighted by Crippen LogP contribution is -2.36. The van der Waals surface area contributed by atoms with Crippen molar-refractivity contribution in [3.8, 4) is 0 Å². The molecular weight excluding hydrogens is 331 g/mol. The van der Waals surface area contributed by atoms with Crippen molar-refractivity contribution < 1.29 is 23.5 Å². The highest BCUT2D eigenvalue weighted by Gasteiger charge is 2.40. The predicted molar refractivity (Wildman–Crippen MR) is 93.9 cm³/mol. The first-order valence-electron chi connectivity index (χ1n) is 8.82. The number of aliphatic hydroxyl groups is 1. The third kappa shape index (κ3) is 4.98. The number of hydrogen-bond donors (Lipinski definition) is 1. The van der Waals surface area contributed by atoms with Gasteiger partial charge in [-0.2, -0.15) is 0 Å². The van der Waals surface area contributed by atoms with E-state index in [2.05, 4.69) is 0 Å². The second-order valence-electron chi connectivity index (χ2n) is 5.53. The van der Waals surface area contributed by atoms with Gasteiger partial charge in [0.05, 0.1) is 13.2 Å². The molecule has 1 aliphatic rings. The Hall–Kier alpha value is -1.04. The van der Waals surface area contributed by atoms with Gasteiger partial charge in [0.15, 0.2) is 5.44 Å². The van der Waals surface area contributed by atoms with Crippen molar-refractivity contribution in [2.45, 2.75) is 47.0 Å². The summed E-state index contributed by atoms with van der Waals surface area (Å²) in [5.74, 6) is -1.06. The Labute approximate surface area is 145 Å². The Morgan fingerprint density at radius 1 is 1.04 bits per heavy atom. The van der Waals surface area contributed by atoms with Gasteiger partial charge in [0.2, 0.25) is 5.76 Å². The molecule has 24 heavy (non-hydrogen) atoms. The number of likely N-dealkylation sites (N-methyl/N-ethyl adjacent to an activating group) is 1. The molecule has 0 saturated carbocycles. The molecule has 0 aromatic carbocycles. The lowest BCUT2D eigenvalue weighted by molar-refractivity contribution is -0.129. The molecule has 0 radical (unpaired) electrons. The quantitative estimate of drug-likeness (QED) is 0.385. The van der Waals surface area contributed by atoms with Gasteiger partial charge in [-0.15, -0.1) is 0 Å². The van der Waals surface area contributed by atoms with E-state index in [4.69, 9.17) is 9.05 Å². The third-order valence-electron chi connectivity index (χ3n) is 3.98. The van der Waals surface area contributed by atoms with Crippen LogP contribution in [0.3, 0.4) is 0 Å². The van der Waals surface area contributed by atoms with Crippen LogP contribution in [0.15, 0.2) is 11.2 Å². The van der Waals surface area contributed by atoms with Crippen LogP contribution in [0.4, 0.5) is 0 Å². The standard InChI is InChI=1S/C16H31N2O5P/c1-5-17(6-2)15(20)14(19)16(18-12-10-9-11-13-18)24(21,22-7-3)23-8-4/h19H,5-13H2,1-4H3/b16-14-. The van der Waals surface area contributed by atoms with Crippen LogP contribution in [-0.4, -0.2) is 60.2 Å². The van der Waals surface area contributed by atoms with Gasteiger partial charge in [0.1, 0.15) is 0 Å². The number of rotatable bonds is 9. The molecule has 0 unspecified atom stereocenters. The number of nitrogens with zero attached hydrogens (tertiary/aromatic N) is 2. The number of piperidine rings is 1. The summed E-state index contributed by atoms with van der Waals surface area (Å²) in [6.45, 7) is 9.58. The third-order valence-corrected chi connectivity index (χ3v) is 6.19. The second kappa shape index (κ2) is 10.1. The molecule has 1 heterocycles. The topological polar surface area (TPSA) is 79.3 Å². The van der Waals surface area contributed by atoms with Gasteiger partial charge in [0, 0.05) is 26.2 Å². The van der Waals surface area contributed by atoms with E-state index < -0.39 is 19.3 Å². The second-order valence-corrected chi connectivity index (χ2v) is 7.47. The fourth-order valence-corrected chi connectivity index (χ4v) is 4.71. The summed E-state index contributed by atoms with van der Waals surface area (Å²) in [4.78, 5) is 15.9. The SMILES string of the molecule is CCOP(=O)(OCC)/C(=C(\O)C(=O)N(CC)CC)N1CCCCC1. The van der Waals surface area contributed by atoms with E-state index >= 15 is 0 Å². The molecule has 0 atom stereocenters. The van der Waals surface area contributed by atoms with Crippen molar-refractivity contribution in [1.29, 1.82) is 0 Å². The average molecular weight is 362 g/mol. The molecule has 1 saturated heterocycles. The van der Waals surface area contributed by atoms with Gasteiger partial charge < -0.3 is 24.0 Å². The summed E-state index contributed by atoms with van der Waals surface area (Å²) in [5, 5.41) is 10.7. The summed E-state index contributed by atoms with van der Waals surface area (Å²) >= 11 is 0. The molecule has 0 aromatic rings. The molecule has 1 amide bonds. The number of amides is 1. The van der Waals surface area contributed by atoms with Crippen LogP contribution < -0.4 is 0 Å². The van der Waals surface area contributed by atoms with Crippen LogP contribution in [0.25, 0.3) is 0 Å². The zero-order valence-corrected chi connectivity index (χ0v) is 16.2. The Balaban J connectivity index is 3.37. The van der Waals surface area contributed by atoms with E-state index in [1.54, 1.807) is 18.7 Å². The largest absolute Gasteiger partial charge is 0.501 e. The molecule has 8 heteroatoms. The molecule has 140 valence electrons. The van der Waals surface area contributed by atoms with E-state index in [0.29, 0.717) is 26.2 Å². The molecule has 0 spiro atoms. The summed E-state index contributed by atoms with van der Waals surface area (Å²) < 4.78 is 24.1. The van der Waals surface area contributed by atoms with Crippen LogP contribution in [0.5, 0.6) is 0 Å². The normalized spacial score (nSPS) is 16.8. The molecule has 7 nitrogen and oxygen atoms in total. The molecule has 1 fully saturated rings. The smallest absolute Gasteiger partial charge is 0.381 e. The van der Waals surface area contributed by atoms with Crippen LogP contribution in [0.1, 0.15) is 47.0 Å². The molecular formula is C16H31N2O5P. The average Bonchev–Trinajstić information content (AvgIpc) is 2.57. The van der Waals surface area contributed by atoms with Gasteiger partial charge in [-0.05, 0) is 47.0 Å². The number of carbonyl (C=O) groups excluding carboxylic acids is 1. The summed E-state index contributed by atoms with van der Waals surface area (Å²) in [6.07, 6.45) is 2.89. The highest BCUT2D eigenvalue weighted by molar-refractivity contribution is 7.58. The lowest BCUT2D eigenvalue weighted by atomic mass is 10.1. The Morgan fingerprint density at radius 3 is 1.96 bits per heavy atom. The van der Waals surface area contributed by atoms with Gasteiger partial charge >= 0.3 is 7.60 Å². The first-order valence-corrected chi connectivity index (χ1v) is 10.4. The van der Waals surface area contributed by atoms with Crippen molar-refractivity contribution in [2.24, 2.45) is 0 Å². The van der Waals surface area contributed by atoms with Crippen molar-refractivity contribution in [1.82, 2.24) is 9.80 Å². The molecule has 1 aliphatic heterocycles. The number of hydrogen-bond acceptors (Lipinski definition) is 6. The van der Waals surface area contributed by atoms with Crippen LogP contribution in [0, 0.1) is 0 Å². The van der Waals surface area contributed by atoms with Crippen LogP contribution >= 0.6 is 7.60 Å². The van der Waals surface area contributed by atoms with Gasteiger partial charge in [-0.3, -0.25) is 9.36 Å². The van der Waals surface area contributed by atoms with Crippen molar-refractivity contribution in [2.75, 3.05) is 39.4 Å². The van der Waals surface area contributed by atoms with Gasteiger partial charge in [-0.25, -0.2) is 0 Å². The molecule has 1 rings (SSSR count). The van der Waals surface area contributed by atoms with E-state index in [-0.39, 0.29) is 18.7 Å². The summed E-state index contributed by atoms with van der Waals surface area (Å²) in [5.41, 5.74) is 0.0165. The van der Waals surface area contributed by atoms with E-state index in [1.165, 1.54) is 4.90 Å². The Bertz CT molecular complexity index is 475. The monoisotopic (exact) mass is 362 g/mol. The van der Waals surface area contributed by atoms with E-state index in [1.807, 2.05) is 13.8 Å².